The summed E-state index contributed by atoms with van der Waals surface area (Å²) in [6, 6.07) is 7.79. The molecule has 0 bridgehead atoms. The SMILES string of the molecule is C[C@@H]1Cc2c([nH]c3ccccc23)CN1CC(F)(F)F. The zero-order chi connectivity index (χ0) is 13.6. The van der Waals surface area contributed by atoms with Crippen LogP contribution in [0.2, 0.25) is 0 Å². The number of H-pyrrole nitrogens is 1. The molecule has 3 rings (SSSR count). The number of aromatic amines is 1. The summed E-state index contributed by atoms with van der Waals surface area (Å²) < 4.78 is 37.6. The Balaban J connectivity index is 1.95. The van der Waals surface area contributed by atoms with Gasteiger partial charge in [0.15, 0.2) is 0 Å². The standard InChI is InChI=1S/C14H15F3N2/c1-9-6-11-10-4-2-3-5-12(10)18-13(11)7-19(9)8-14(15,16)17/h2-5,9,18H,6-8H2,1H3/t9-/m1/s1. The number of fused-ring (bicyclic) bond motifs is 3. The van der Waals surface area contributed by atoms with Gasteiger partial charge < -0.3 is 4.98 Å². The third-order valence-electron chi connectivity index (χ3n) is 3.77. The van der Waals surface area contributed by atoms with Gasteiger partial charge in [-0.2, -0.15) is 13.2 Å². The summed E-state index contributed by atoms with van der Waals surface area (Å²) in [7, 11) is 0. The Morgan fingerprint density at radius 1 is 1.32 bits per heavy atom. The molecule has 0 radical (unpaired) electrons. The third-order valence-corrected chi connectivity index (χ3v) is 3.77. The van der Waals surface area contributed by atoms with Crippen molar-refractivity contribution in [3.63, 3.8) is 0 Å². The molecule has 5 heteroatoms. The Morgan fingerprint density at radius 2 is 2.05 bits per heavy atom. The highest BCUT2D eigenvalue weighted by atomic mass is 19.4. The van der Waals surface area contributed by atoms with E-state index in [4.69, 9.17) is 0 Å². The maximum absolute atomic E-state index is 12.5. The van der Waals surface area contributed by atoms with Gasteiger partial charge in [-0.05, 0) is 25.0 Å². The Bertz CT molecular complexity index is 600. The van der Waals surface area contributed by atoms with Crippen molar-refractivity contribution in [2.75, 3.05) is 6.54 Å². The predicted octanol–water partition coefficient (Wildman–Crippen LogP) is 3.48. The minimum absolute atomic E-state index is 0.0895. The molecule has 2 nitrogen and oxygen atoms in total. The van der Waals surface area contributed by atoms with Crippen molar-refractivity contribution < 1.29 is 13.2 Å². The lowest BCUT2D eigenvalue weighted by Gasteiger charge is -2.33. The van der Waals surface area contributed by atoms with Gasteiger partial charge in [0.05, 0.1) is 6.54 Å². The minimum atomic E-state index is -4.14. The van der Waals surface area contributed by atoms with Crippen molar-refractivity contribution in [1.29, 1.82) is 0 Å². The minimum Gasteiger partial charge on any atom is -0.357 e. The number of rotatable bonds is 1. The van der Waals surface area contributed by atoms with E-state index in [-0.39, 0.29) is 6.04 Å². The second kappa shape index (κ2) is 4.27. The van der Waals surface area contributed by atoms with E-state index in [0.29, 0.717) is 13.0 Å². The quantitative estimate of drug-likeness (QED) is 0.839. The number of hydrogen-bond acceptors (Lipinski definition) is 1. The average Bonchev–Trinajstić information content (AvgIpc) is 2.66. The number of benzene rings is 1. The first-order valence-corrected chi connectivity index (χ1v) is 6.33. The number of halogens is 3. The van der Waals surface area contributed by atoms with E-state index < -0.39 is 12.7 Å². The number of aromatic nitrogens is 1. The van der Waals surface area contributed by atoms with Crippen molar-refractivity contribution >= 4 is 10.9 Å². The fourth-order valence-electron chi connectivity index (χ4n) is 2.85. The van der Waals surface area contributed by atoms with Crippen molar-refractivity contribution in [3.8, 4) is 0 Å². The summed E-state index contributed by atoms with van der Waals surface area (Å²) in [6.45, 7) is 1.35. The second-order valence-corrected chi connectivity index (χ2v) is 5.20. The summed E-state index contributed by atoms with van der Waals surface area (Å²) in [4.78, 5) is 4.73. The molecular formula is C14H15F3N2. The molecule has 1 aliphatic heterocycles. The van der Waals surface area contributed by atoms with Crippen molar-refractivity contribution in [3.05, 3.63) is 35.5 Å². The number of para-hydroxylation sites is 1. The van der Waals surface area contributed by atoms with Gasteiger partial charge in [-0.1, -0.05) is 18.2 Å². The lowest BCUT2D eigenvalue weighted by atomic mass is 9.98. The van der Waals surface area contributed by atoms with E-state index >= 15 is 0 Å². The molecule has 102 valence electrons. The van der Waals surface area contributed by atoms with E-state index in [1.165, 1.54) is 10.5 Å². The van der Waals surface area contributed by atoms with Crippen molar-refractivity contribution in [2.24, 2.45) is 0 Å². The molecule has 2 heterocycles. The normalized spacial score (nSPS) is 20.7. The fourth-order valence-corrected chi connectivity index (χ4v) is 2.85. The van der Waals surface area contributed by atoms with E-state index in [2.05, 4.69) is 4.98 Å². The van der Waals surface area contributed by atoms with Crippen LogP contribution in [0, 0.1) is 0 Å². The van der Waals surface area contributed by atoms with Crippen LogP contribution in [0.5, 0.6) is 0 Å². The van der Waals surface area contributed by atoms with E-state index in [1.54, 1.807) is 0 Å². The van der Waals surface area contributed by atoms with Crippen LogP contribution in [0.25, 0.3) is 10.9 Å². The molecule has 0 unspecified atom stereocenters. The van der Waals surface area contributed by atoms with Crippen LogP contribution >= 0.6 is 0 Å². The van der Waals surface area contributed by atoms with Crippen LogP contribution in [0.1, 0.15) is 18.2 Å². The first kappa shape index (κ1) is 12.5. The molecule has 1 aromatic carbocycles. The maximum atomic E-state index is 12.5. The highest BCUT2D eigenvalue weighted by molar-refractivity contribution is 5.84. The molecular weight excluding hydrogens is 253 g/mol. The summed E-state index contributed by atoms with van der Waals surface area (Å²) in [5.74, 6) is 0. The highest BCUT2D eigenvalue weighted by Crippen LogP contribution is 2.31. The van der Waals surface area contributed by atoms with Crippen molar-refractivity contribution in [1.82, 2.24) is 9.88 Å². The van der Waals surface area contributed by atoms with Gasteiger partial charge >= 0.3 is 6.18 Å². The van der Waals surface area contributed by atoms with Gasteiger partial charge in [0.25, 0.3) is 0 Å². The van der Waals surface area contributed by atoms with Gasteiger partial charge in [-0.15, -0.1) is 0 Å². The van der Waals surface area contributed by atoms with Gasteiger partial charge in [0, 0.05) is 29.2 Å². The molecule has 0 aliphatic carbocycles. The first-order chi connectivity index (χ1) is 8.94. The third kappa shape index (κ3) is 2.34. The molecule has 0 saturated heterocycles. The summed E-state index contributed by atoms with van der Waals surface area (Å²) >= 11 is 0. The van der Waals surface area contributed by atoms with Crippen LogP contribution in [-0.2, 0) is 13.0 Å². The largest absolute Gasteiger partial charge is 0.401 e. The number of alkyl halides is 3. The van der Waals surface area contributed by atoms with Gasteiger partial charge in [-0.3, -0.25) is 4.90 Å². The van der Waals surface area contributed by atoms with Gasteiger partial charge in [0.2, 0.25) is 0 Å². The van der Waals surface area contributed by atoms with Crippen LogP contribution < -0.4 is 0 Å². The monoisotopic (exact) mass is 268 g/mol. The Kier molecular flexibility index (Phi) is 2.82. The average molecular weight is 268 g/mol. The topological polar surface area (TPSA) is 19.0 Å². The Hall–Kier alpha value is -1.49. The molecule has 1 aromatic heterocycles. The lowest BCUT2D eigenvalue weighted by molar-refractivity contribution is -0.152. The predicted molar refractivity (Wildman–Crippen MR) is 67.9 cm³/mol. The zero-order valence-electron chi connectivity index (χ0n) is 10.6. The van der Waals surface area contributed by atoms with Crippen LogP contribution in [0.4, 0.5) is 13.2 Å². The molecule has 0 saturated carbocycles. The Morgan fingerprint density at radius 3 is 2.79 bits per heavy atom. The van der Waals surface area contributed by atoms with E-state index in [1.807, 2.05) is 31.2 Å². The van der Waals surface area contributed by atoms with Crippen molar-refractivity contribution in [2.45, 2.75) is 32.1 Å². The summed E-state index contributed by atoms with van der Waals surface area (Å²) in [6.07, 6.45) is -3.48. The van der Waals surface area contributed by atoms with Crippen LogP contribution in [0.15, 0.2) is 24.3 Å². The van der Waals surface area contributed by atoms with Crippen LogP contribution in [-0.4, -0.2) is 28.6 Å². The maximum Gasteiger partial charge on any atom is 0.401 e. The van der Waals surface area contributed by atoms with Gasteiger partial charge in [0.1, 0.15) is 0 Å². The number of hydrogen-bond donors (Lipinski definition) is 1. The smallest absolute Gasteiger partial charge is 0.357 e. The first-order valence-electron chi connectivity index (χ1n) is 6.33. The molecule has 2 aromatic rings. The van der Waals surface area contributed by atoms with Gasteiger partial charge in [-0.25, -0.2) is 0 Å². The zero-order valence-corrected chi connectivity index (χ0v) is 10.6. The van der Waals surface area contributed by atoms with E-state index in [0.717, 1.165) is 16.6 Å². The van der Waals surface area contributed by atoms with E-state index in [9.17, 15) is 13.2 Å². The second-order valence-electron chi connectivity index (χ2n) is 5.20. The highest BCUT2D eigenvalue weighted by Gasteiger charge is 2.35. The lowest BCUT2D eigenvalue weighted by Crippen LogP contribution is -2.43. The molecule has 19 heavy (non-hydrogen) atoms. The molecule has 1 N–H and O–H groups in total. The fraction of sp³-hybridized carbons (Fsp3) is 0.429. The number of nitrogens with zero attached hydrogens (tertiary/aromatic N) is 1. The van der Waals surface area contributed by atoms with Crippen LogP contribution in [0.3, 0.4) is 0 Å². The number of nitrogens with one attached hydrogen (secondary N) is 1. The Labute approximate surface area is 109 Å². The molecule has 0 amide bonds. The molecule has 1 atom stereocenters. The summed E-state index contributed by atoms with van der Waals surface area (Å²) in [5, 5.41) is 1.14. The summed E-state index contributed by atoms with van der Waals surface area (Å²) in [5.41, 5.74) is 3.10. The molecule has 0 fully saturated rings. The molecule has 0 spiro atoms. The molecule has 1 aliphatic rings.